The van der Waals surface area contributed by atoms with E-state index in [4.69, 9.17) is 5.73 Å². The van der Waals surface area contributed by atoms with Crippen LogP contribution in [0.25, 0.3) is 0 Å². The van der Waals surface area contributed by atoms with Gasteiger partial charge in [-0.15, -0.1) is 0 Å². The molecule has 1 amide bonds. The molecule has 0 aliphatic rings. The van der Waals surface area contributed by atoms with Crippen molar-refractivity contribution < 1.29 is 13.6 Å². The van der Waals surface area contributed by atoms with Gasteiger partial charge < -0.3 is 11.1 Å². The van der Waals surface area contributed by atoms with E-state index in [0.717, 1.165) is 6.07 Å². The second-order valence-electron chi connectivity index (χ2n) is 4.27. The fourth-order valence-corrected chi connectivity index (χ4v) is 1.84. The van der Waals surface area contributed by atoms with Crippen LogP contribution in [0.5, 0.6) is 0 Å². The predicted octanol–water partition coefficient (Wildman–Crippen LogP) is 2.32. The Kier molecular flexibility index (Phi) is 3.69. The van der Waals surface area contributed by atoms with E-state index in [9.17, 15) is 13.6 Å². The molecule has 5 nitrogen and oxygen atoms in total. The summed E-state index contributed by atoms with van der Waals surface area (Å²) in [6.07, 6.45) is 0. The van der Waals surface area contributed by atoms with Crippen LogP contribution < -0.4 is 11.1 Å². The first-order valence-electron chi connectivity index (χ1n) is 6.03. The topological polar surface area (TPSA) is 72.9 Å². The maximum atomic E-state index is 13.6. The molecule has 3 N–H and O–H groups in total. The number of aromatic nitrogens is 2. The Morgan fingerprint density at radius 1 is 1.45 bits per heavy atom. The number of anilines is 2. The van der Waals surface area contributed by atoms with Gasteiger partial charge >= 0.3 is 0 Å². The number of nitrogen functional groups attached to an aromatic ring is 1. The summed E-state index contributed by atoms with van der Waals surface area (Å²) < 4.78 is 28.3. The Balaban J connectivity index is 2.35. The van der Waals surface area contributed by atoms with Crippen molar-refractivity contribution in [2.45, 2.75) is 20.4 Å². The predicted molar refractivity (Wildman–Crippen MR) is 71.4 cm³/mol. The molecule has 2 aromatic rings. The highest BCUT2D eigenvalue weighted by atomic mass is 19.2. The summed E-state index contributed by atoms with van der Waals surface area (Å²) in [5, 5.41) is 6.39. The summed E-state index contributed by atoms with van der Waals surface area (Å²) in [5.74, 6) is -2.85. The van der Waals surface area contributed by atoms with Crippen molar-refractivity contribution in [2.24, 2.45) is 0 Å². The average molecular weight is 280 g/mol. The zero-order valence-electron chi connectivity index (χ0n) is 11.1. The number of hydrogen-bond donors (Lipinski definition) is 2. The molecule has 2 rings (SSSR count). The molecular weight excluding hydrogens is 266 g/mol. The van der Waals surface area contributed by atoms with Crippen LogP contribution in [-0.4, -0.2) is 15.7 Å². The second kappa shape index (κ2) is 5.28. The van der Waals surface area contributed by atoms with Gasteiger partial charge in [0.25, 0.3) is 5.91 Å². The van der Waals surface area contributed by atoms with Gasteiger partial charge in [0, 0.05) is 6.54 Å². The van der Waals surface area contributed by atoms with Crippen molar-refractivity contribution in [1.29, 1.82) is 0 Å². The van der Waals surface area contributed by atoms with E-state index in [1.807, 2.05) is 6.92 Å². The Morgan fingerprint density at radius 3 is 2.80 bits per heavy atom. The number of amides is 1. The van der Waals surface area contributed by atoms with E-state index in [0.29, 0.717) is 12.2 Å². The molecule has 0 fully saturated rings. The van der Waals surface area contributed by atoms with E-state index in [-0.39, 0.29) is 17.1 Å². The van der Waals surface area contributed by atoms with E-state index in [1.165, 1.54) is 10.7 Å². The van der Waals surface area contributed by atoms with Crippen LogP contribution in [0.1, 0.15) is 23.1 Å². The van der Waals surface area contributed by atoms with Crippen LogP contribution in [0, 0.1) is 18.6 Å². The van der Waals surface area contributed by atoms with E-state index >= 15 is 0 Å². The number of carbonyl (C=O) groups excluding carboxylic acids is 1. The Labute approximate surface area is 114 Å². The minimum Gasteiger partial charge on any atom is -0.397 e. The number of benzene rings is 1. The monoisotopic (exact) mass is 280 g/mol. The second-order valence-corrected chi connectivity index (χ2v) is 4.27. The Bertz CT molecular complexity index is 667. The molecule has 0 bridgehead atoms. The number of halogens is 2. The van der Waals surface area contributed by atoms with E-state index in [1.54, 1.807) is 13.0 Å². The maximum absolute atomic E-state index is 13.6. The van der Waals surface area contributed by atoms with Gasteiger partial charge in [-0.05, 0) is 32.0 Å². The summed E-state index contributed by atoms with van der Waals surface area (Å²) in [6, 6.07) is 3.66. The average Bonchev–Trinajstić information content (AvgIpc) is 2.80. The van der Waals surface area contributed by atoms with Crippen molar-refractivity contribution in [3.63, 3.8) is 0 Å². The highest BCUT2D eigenvalue weighted by molar-refractivity contribution is 6.04. The largest absolute Gasteiger partial charge is 0.397 e. The molecule has 0 aliphatic heterocycles. The molecule has 106 valence electrons. The van der Waals surface area contributed by atoms with Crippen LogP contribution in [0.15, 0.2) is 18.2 Å². The molecule has 0 atom stereocenters. The molecular formula is C13H14F2N4O. The van der Waals surface area contributed by atoms with Gasteiger partial charge in [0.2, 0.25) is 0 Å². The van der Waals surface area contributed by atoms with Crippen molar-refractivity contribution >= 4 is 17.3 Å². The molecule has 0 saturated heterocycles. The van der Waals surface area contributed by atoms with Gasteiger partial charge in [-0.25, -0.2) is 8.78 Å². The molecule has 1 aromatic carbocycles. The molecule has 0 saturated carbocycles. The molecule has 1 aromatic heterocycles. The van der Waals surface area contributed by atoms with E-state index in [2.05, 4.69) is 10.4 Å². The van der Waals surface area contributed by atoms with Crippen molar-refractivity contribution in [1.82, 2.24) is 9.78 Å². The first-order chi connectivity index (χ1) is 9.43. The molecule has 7 heteroatoms. The van der Waals surface area contributed by atoms with Crippen LogP contribution in [0.2, 0.25) is 0 Å². The molecule has 0 radical (unpaired) electrons. The molecule has 20 heavy (non-hydrogen) atoms. The molecule has 0 aliphatic carbocycles. The Hall–Kier alpha value is -2.44. The number of nitrogens with one attached hydrogen (secondary N) is 1. The number of hydrogen-bond acceptors (Lipinski definition) is 3. The van der Waals surface area contributed by atoms with Crippen LogP contribution in [-0.2, 0) is 6.54 Å². The maximum Gasteiger partial charge on any atom is 0.274 e. The van der Waals surface area contributed by atoms with Crippen LogP contribution in [0.3, 0.4) is 0 Å². The number of nitrogens with two attached hydrogens (primary N) is 1. The standard InChI is InChI=1S/C13H14F2N4O/c1-3-19-10(6-7(2)18-19)13(20)17-12-9(16)5-4-8(14)11(12)15/h4-6H,3,16H2,1-2H3,(H,17,20). The third-order valence-corrected chi connectivity index (χ3v) is 2.80. The third kappa shape index (κ3) is 2.47. The SMILES string of the molecule is CCn1nc(C)cc1C(=O)Nc1c(N)ccc(F)c1F. The van der Waals surface area contributed by atoms with Gasteiger partial charge in [-0.3, -0.25) is 9.48 Å². The zero-order chi connectivity index (χ0) is 14.9. The normalized spacial score (nSPS) is 10.6. The number of aryl methyl sites for hydroxylation is 2. The lowest BCUT2D eigenvalue weighted by atomic mass is 10.2. The first-order valence-corrected chi connectivity index (χ1v) is 6.03. The van der Waals surface area contributed by atoms with Gasteiger partial charge in [0.15, 0.2) is 11.6 Å². The Morgan fingerprint density at radius 2 is 2.15 bits per heavy atom. The van der Waals surface area contributed by atoms with Crippen molar-refractivity contribution in [2.75, 3.05) is 11.1 Å². The minimum absolute atomic E-state index is 0.0449. The number of carbonyl (C=O) groups is 1. The quantitative estimate of drug-likeness (QED) is 0.847. The summed E-state index contributed by atoms with van der Waals surface area (Å²) in [6.45, 7) is 4.04. The summed E-state index contributed by atoms with van der Waals surface area (Å²) in [4.78, 5) is 12.1. The van der Waals surface area contributed by atoms with Crippen molar-refractivity contribution in [3.05, 3.63) is 41.2 Å². The minimum atomic E-state index is -1.18. The van der Waals surface area contributed by atoms with Gasteiger partial charge in [0.05, 0.1) is 11.4 Å². The van der Waals surface area contributed by atoms with Crippen molar-refractivity contribution in [3.8, 4) is 0 Å². The lowest BCUT2D eigenvalue weighted by molar-refractivity contribution is 0.101. The zero-order valence-corrected chi connectivity index (χ0v) is 11.1. The summed E-state index contributed by atoms with van der Waals surface area (Å²) in [5.41, 5.74) is 6.05. The third-order valence-electron chi connectivity index (χ3n) is 2.80. The van der Waals surface area contributed by atoms with Crippen LogP contribution in [0.4, 0.5) is 20.2 Å². The lowest BCUT2D eigenvalue weighted by Crippen LogP contribution is -2.19. The fourth-order valence-electron chi connectivity index (χ4n) is 1.84. The first kappa shape index (κ1) is 14.0. The van der Waals surface area contributed by atoms with E-state index < -0.39 is 17.5 Å². The number of rotatable bonds is 3. The highest BCUT2D eigenvalue weighted by Gasteiger charge is 2.18. The number of nitrogens with zero attached hydrogens (tertiary/aromatic N) is 2. The highest BCUT2D eigenvalue weighted by Crippen LogP contribution is 2.25. The van der Waals surface area contributed by atoms with Crippen LogP contribution >= 0.6 is 0 Å². The molecule has 1 heterocycles. The summed E-state index contributed by atoms with van der Waals surface area (Å²) in [7, 11) is 0. The lowest BCUT2D eigenvalue weighted by Gasteiger charge is -2.10. The van der Waals surface area contributed by atoms with Gasteiger partial charge in [0.1, 0.15) is 11.4 Å². The van der Waals surface area contributed by atoms with Gasteiger partial charge in [-0.1, -0.05) is 0 Å². The summed E-state index contributed by atoms with van der Waals surface area (Å²) >= 11 is 0. The smallest absolute Gasteiger partial charge is 0.274 e. The van der Waals surface area contributed by atoms with Gasteiger partial charge in [-0.2, -0.15) is 5.10 Å². The molecule has 0 unspecified atom stereocenters. The fraction of sp³-hybridized carbons (Fsp3) is 0.231. The molecule has 0 spiro atoms.